The Balaban J connectivity index is 2.13. The van der Waals surface area contributed by atoms with Crippen molar-refractivity contribution < 1.29 is 4.79 Å². The molecule has 0 radical (unpaired) electrons. The Morgan fingerprint density at radius 3 is 2.62 bits per heavy atom. The first-order valence-corrected chi connectivity index (χ1v) is 8.02. The van der Waals surface area contributed by atoms with Crippen molar-refractivity contribution in [1.29, 1.82) is 0 Å². The minimum absolute atomic E-state index is 0.142. The summed E-state index contributed by atoms with van der Waals surface area (Å²) in [5.74, 6) is 0.142. The van der Waals surface area contributed by atoms with E-state index in [-0.39, 0.29) is 5.91 Å². The molecule has 1 aliphatic rings. The number of aryl methyl sites for hydroxylation is 2. The normalized spacial score (nSPS) is 15.1. The van der Waals surface area contributed by atoms with Gasteiger partial charge in [0.2, 0.25) is 5.91 Å². The minimum Gasteiger partial charge on any atom is -0.392 e. The summed E-state index contributed by atoms with van der Waals surface area (Å²) in [6.45, 7) is 4.51. The van der Waals surface area contributed by atoms with Gasteiger partial charge in [-0.1, -0.05) is 48.8 Å². The first-order valence-electron chi connectivity index (χ1n) is 7.61. The standard InChI is InChI=1S/C17H24N2OS/c1-12-7-8-13(2)14(9-12)10-17(20)19(11-16(18)21)15-5-3-4-6-15/h7-9,15H,3-6,10-11H2,1-2H3,(H2,18,21). The van der Waals surface area contributed by atoms with Gasteiger partial charge in [0.15, 0.2) is 0 Å². The van der Waals surface area contributed by atoms with Crippen molar-refractivity contribution in [3.8, 4) is 0 Å². The molecule has 114 valence electrons. The van der Waals surface area contributed by atoms with E-state index in [1.54, 1.807) is 0 Å². The second kappa shape index (κ2) is 7.03. The van der Waals surface area contributed by atoms with Gasteiger partial charge in [-0.05, 0) is 37.8 Å². The molecule has 0 atom stereocenters. The topological polar surface area (TPSA) is 46.3 Å². The lowest BCUT2D eigenvalue weighted by Crippen LogP contribution is -2.44. The number of nitrogens with zero attached hydrogens (tertiary/aromatic N) is 1. The first-order chi connectivity index (χ1) is 9.97. The average molecular weight is 304 g/mol. The first kappa shape index (κ1) is 16.0. The molecule has 0 heterocycles. The molecule has 4 heteroatoms. The van der Waals surface area contributed by atoms with Crippen LogP contribution in [0.1, 0.15) is 42.4 Å². The largest absolute Gasteiger partial charge is 0.392 e. The summed E-state index contributed by atoms with van der Waals surface area (Å²) < 4.78 is 0. The Hall–Kier alpha value is -1.42. The quantitative estimate of drug-likeness (QED) is 0.851. The Bertz CT molecular complexity index is 536. The molecule has 0 unspecified atom stereocenters. The van der Waals surface area contributed by atoms with Crippen LogP contribution < -0.4 is 5.73 Å². The third-order valence-corrected chi connectivity index (χ3v) is 4.39. The summed E-state index contributed by atoms with van der Waals surface area (Å²) in [6.07, 6.45) is 4.96. The number of hydrogen-bond acceptors (Lipinski definition) is 2. The number of hydrogen-bond donors (Lipinski definition) is 1. The van der Waals surface area contributed by atoms with Gasteiger partial charge in [0.05, 0.1) is 18.0 Å². The number of amides is 1. The van der Waals surface area contributed by atoms with E-state index in [1.807, 2.05) is 4.90 Å². The highest BCUT2D eigenvalue weighted by molar-refractivity contribution is 7.80. The van der Waals surface area contributed by atoms with E-state index < -0.39 is 0 Å². The van der Waals surface area contributed by atoms with Crippen molar-refractivity contribution in [3.63, 3.8) is 0 Å². The summed E-state index contributed by atoms with van der Waals surface area (Å²) in [6, 6.07) is 6.56. The van der Waals surface area contributed by atoms with E-state index in [4.69, 9.17) is 18.0 Å². The number of nitrogens with two attached hydrogens (primary N) is 1. The molecule has 0 spiro atoms. The molecule has 1 aromatic carbocycles. The molecule has 1 aromatic rings. The molecular weight excluding hydrogens is 280 g/mol. The van der Waals surface area contributed by atoms with Crippen LogP contribution in [0.25, 0.3) is 0 Å². The molecule has 1 aliphatic carbocycles. The van der Waals surface area contributed by atoms with Crippen molar-refractivity contribution in [3.05, 3.63) is 34.9 Å². The zero-order chi connectivity index (χ0) is 15.4. The van der Waals surface area contributed by atoms with Crippen LogP contribution >= 0.6 is 12.2 Å². The van der Waals surface area contributed by atoms with Crippen LogP contribution in [0.4, 0.5) is 0 Å². The molecule has 2 N–H and O–H groups in total. The fourth-order valence-corrected chi connectivity index (χ4v) is 3.20. The zero-order valence-corrected chi connectivity index (χ0v) is 13.7. The maximum Gasteiger partial charge on any atom is 0.227 e. The fourth-order valence-electron chi connectivity index (χ4n) is 3.06. The Morgan fingerprint density at radius 2 is 2.00 bits per heavy atom. The van der Waals surface area contributed by atoms with Gasteiger partial charge < -0.3 is 10.6 Å². The van der Waals surface area contributed by atoms with Crippen LogP contribution in [-0.4, -0.2) is 28.4 Å². The zero-order valence-electron chi connectivity index (χ0n) is 12.9. The highest BCUT2D eigenvalue weighted by atomic mass is 32.1. The summed E-state index contributed by atoms with van der Waals surface area (Å²) in [5, 5.41) is 0. The lowest BCUT2D eigenvalue weighted by molar-refractivity contribution is -0.131. The van der Waals surface area contributed by atoms with Gasteiger partial charge in [-0.15, -0.1) is 0 Å². The Morgan fingerprint density at radius 1 is 1.33 bits per heavy atom. The van der Waals surface area contributed by atoms with E-state index >= 15 is 0 Å². The van der Waals surface area contributed by atoms with Crippen LogP contribution in [0.3, 0.4) is 0 Å². The average Bonchev–Trinajstić information content (AvgIpc) is 2.93. The number of benzene rings is 1. The molecular formula is C17H24N2OS. The molecule has 21 heavy (non-hydrogen) atoms. The second-order valence-electron chi connectivity index (χ2n) is 6.03. The van der Waals surface area contributed by atoms with Crippen LogP contribution in [0.15, 0.2) is 18.2 Å². The van der Waals surface area contributed by atoms with Gasteiger partial charge in [-0.3, -0.25) is 4.79 Å². The predicted molar refractivity (Wildman–Crippen MR) is 90.4 cm³/mol. The molecule has 0 bridgehead atoms. The van der Waals surface area contributed by atoms with Gasteiger partial charge in [-0.25, -0.2) is 0 Å². The number of carbonyl (C=O) groups is 1. The van der Waals surface area contributed by atoms with Crippen molar-refractivity contribution in [2.45, 2.75) is 52.0 Å². The molecule has 2 rings (SSSR count). The summed E-state index contributed by atoms with van der Waals surface area (Å²) in [7, 11) is 0. The van der Waals surface area contributed by atoms with E-state index in [0.29, 0.717) is 24.0 Å². The van der Waals surface area contributed by atoms with Gasteiger partial charge in [0.1, 0.15) is 0 Å². The lowest BCUT2D eigenvalue weighted by atomic mass is 10.0. The number of carbonyl (C=O) groups excluding carboxylic acids is 1. The molecule has 0 aromatic heterocycles. The molecule has 3 nitrogen and oxygen atoms in total. The molecule has 0 aliphatic heterocycles. The lowest BCUT2D eigenvalue weighted by Gasteiger charge is -2.29. The SMILES string of the molecule is Cc1ccc(C)c(CC(=O)N(CC(N)=S)C2CCCC2)c1. The highest BCUT2D eigenvalue weighted by Crippen LogP contribution is 2.24. The Labute approximate surface area is 132 Å². The van der Waals surface area contributed by atoms with Crippen molar-refractivity contribution in [2.75, 3.05) is 6.54 Å². The maximum atomic E-state index is 12.7. The van der Waals surface area contributed by atoms with Gasteiger partial charge in [0, 0.05) is 6.04 Å². The van der Waals surface area contributed by atoms with Crippen LogP contribution in [-0.2, 0) is 11.2 Å². The maximum absolute atomic E-state index is 12.7. The Kier molecular flexibility index (Phi) is 5.34. The number of rotatable bonds is 5. The van der Waals surface area contributed by atoms with Gasteiger partial charge in [0.25, 0.3) is 0 Å². The molecule has 0 saturated heterocycles. The molecule has 1 amide bonds. The van der Waals surface area contributed by atoms with Crippen LogP contribution in [0.2, 0.25) is 0 Å². The van der Waals surface area contributed by atoms with Crippen molar-refractivity contribution in [2.24, 2.45) is 5.73 Å². The predicted octanol–water partition coefficient (Wildman–Crippen LogP) is 2.90. The monoisotopic (exact) mass is 304 g/mol. The van der Waals surface area contributed by atoms with Crippen molar-refractivity contribution in [1.82, 2.24) is 4.90 Å². The van der Waals surface area contributed by atoms with Gasteiger partial charge >= 0.3 is 0 Å². The summed E-state index contributed by atoms with van der Waals surface area (Å²) >= 11 is 5.02. The third kappa shape index (κ3) is 4.27. The van der Waals surface area contributed by atoms with Gasteiger partial charge in [-0.2, -0.15) is 0 Å². The van der Waals surface area contributed by atoms with Crippen LogP contribution in [0.5, 0.6) is 0 Å². The van der Waals surface area contributed by atoms with E-state index in [9.17, 15) is 4.79 Å². The minimum atomic E-state index is 0.142. The van der Waals surface area contributed by atoms with E-state index in [2.05, 4.69) is 32.0 Å². The van der Waals surface area contributed by atoms with E-state index in [0.717, 1.165) is 24.0 Å². The smallest absolute Gasteiger partial charge is 0.227 e. The second-order valence-corrected chi connectivity index (χ2v) is 6.56. The number of thiocarbonyl (C=S) groups is 1. The van der Waals surface area contributed by atoms with Crippen molar-refractivity contribution >= 4 is 23.1 Å². The third-order valence-electron chi connectivity index (χ3n) is 4.26. The summed E-state index contributed by atoms with van der Waals surface area (Å²) in [4.78, 5) is 15.0. The molecule has 1 fully saturated rings. The van der Waals surface area contributed by atoms with E-state index in [1.165, 1.54) is 18.4 Å². The van der Waals surface area contributed by atoms with Crippen LogP contribution in [0, 0.1) is 13.8 Å². The highest BCUT2D eigenvalue weighted by Gasteiger charge is 2.27. The fraction of sp³-hybridized carbons (Fsp3) is 0.529. The molecule has 1 saturated carbocycles. The summed E-state index contributed by atoms with van der Waals surface area (Å²) in [5.41, 5.74) is 9.13.